The monoisotopic (exact) mass is 743 g/mol. The molecule has 11 rings (SSSR count). The van der Waals surface area contributed by atoms with Gasteiger partial charge in [-0.2, -0.15) is 0 Å². The van der Waals surface area contributed by atoms with Crippen LogP contribution in [0.2, 0.25) is 0 Å². The Labute approximate surface area is 319 Å². The average Bonchev–Trinajstić information content (AvgIpc) is 3.92. The van der Waals surface area contributed by atoms with Gasteiger partial charge in [-0.1, -0.05) is 110 Å². The van der Waals surface area contributed by atoms with Crippen LogP contribution in [0, 0.1) is 0 Å². The SMILES string of the molecule is [Cu+2].c1ccc2c(c1)C1=NC2=NC2(N3CCCCC3)[N-]C(=NC3=NC(=NC4(N5CCCCC5)[N-]C(=N1)c1ccccc14)c1ccccc13)c1ccccc12. The Bertz CT molecular complexity index is 2200. The Morgan fingerprint density at radius 1 is 0.396 bits per heavy atom. The van der Waals surface area contributed by atoms with Crippen molar-refractivity contribution in [3.63, 3.8) is 0 Å². The molecule has 2 atom stereocenters. The molecule has 265 valence electrons. The maximum atomic E-state index is 5.60. The molecule has 0 amide bonds. The molecule has 7 aliphatic rings. The third-order valence-electron chi connectivity index (χ3n) is 11.4. The molecule has 2 saturated heterocycles. The van der Waals surface area contributed by atoms with Crippen LogP contribution in [0.15, 0.2) is 127 Å². The molecule has 0 saturated carbocycles. The zero-order valence-electron chi connectivity index (χ0n) is 29.1. The molecule has 0 aliphatic carbocycles. The van der Waals surface area contributed by atoms with Gasteiger partial charge in [0.2, 0.25) is 0 Å². The van der Waals surface area contributed by atoms with Gasteiger partial charge >= 0.3 is 17.1 Å². The number of nitrogens with zero attached hydrogens (tertiary/aromatic N) is 10. The van der Waals surface area contributed by atoms with Crippen LogP contribution in [0.25, 0.3) is 10.6 Å². The van der Waals surface area contributed by atoms with Gasteiger partial charge in [0.05, 0.1) is 11.7 Å². The van der Waals surface area contributed by atoms with Crippen molar-refractivity contribution < 1.29 is 17.1 Å². The first-order valence-corrected chi connectivity index (χ1v) is 18.6. The third-order valence-corrected chi connectivity index (χ3v) is 11.4. The Hall–Kier alpha value is -5.06. The third kappa shape index (κ3) is 4.91. The Morgan fingerprint density at radius 2 is 0.736 bits per heavy atom. The minimum Gasteiger partial charge on any atom is -0.422 e. The summed E-state index contributed by atoms with van der Waals surface area (Å²) in [5.74, 6) is 1.58. The van der Waals surface area contributed by atoms with E-state index >= 15 is 0 Å². The minimum absolute atomic E-state index is 0. The molecular formula is C42H36CuN10. The van der Waals surface area contributed by atoms with Gasteiger partial charge in [0.1, 0.15) is 0 Å². The molecule has 0 N–H and O–H groups in total. The summed E-state index contributed by atoms with van der Waals surface area (Å²) in [5, 5.41) is 11.0. The van der Waals surface area contributed by atoms with Gasteiger partial charge in [0, 0.05) is 59.6 Å². The fourth-order valence-electron chi connectivity index (χ4n) is 8.88. The van der Waals surface area contributed by atoms with E-state index in [1.54, 1.807) is 0 Å². The van der Waals surface area contributed by atoms with Crippen LogP contribution in [0.5, 0.6) is 0 Å². The van der Waals surface area contributed by atoms with Crippen LogP contribution >= 0.6 is 0 Å². The van der Waals surface area contributed by atoms with Crippen molar-refractivity contribution >= 4 is 35.0 Å². The molecule has 7 heterocycles. The van der Waals surface area contributed by atoms with Crippen LogP contribution in [-0.2, 0) is 28.6 Å². The summed E-state index contributed by atoms with van der Waals surface area (Å²) in [5.41, 5.74) is 7.66. The van der Waals surface area contributed by atoms with Crippen molar-refractivity contribution in [2.45, 2.75) is 50.1 Å². The molecule has 4 aromatic carbocycles. The zero-order valence-corrected chi connectivity index (χ0v) is 30.0. The van der Waals surface area contributed by atoms with E-state index in [-0.39, 0.29) is 17.1 Å². The van der Waals surface area contributed by atoms with Gasteiger partial charge in [-0.05, 0) is 48.5 Å². The van der Waals surface area contributed by atoms with Crippen LogP contribution in [0.1, 0.15) is 83.0 Å². The smallest absolute Gasteiger partial charge is 0.422 e. The molecule has 10 nitrogen and oxygen atoms in total. The summed E-state index contributed by atoms with van der Waals surface area (Å²) in [6, 6.07) is 33.3. The standard InChI is InChI=1S/C42H36N10.Cu/c1-11-23-51(24-12-1)41-33-21-9-7-19-31(33)39(49-41)45-36-28-16-4-6-18-30(28)38(44-36)48-42(52-25-13-2-14-26-52)34-22-10-8-20-32(34)40(50-42)46-35-27-15-3-5-17-29(27)37(43-35)47-41;/h3-10,15-22H,1-2,11-14,23-26H2;/q-2;+2. The largest absolute Gasteiger partial charge is 2.00 e. The summed E-state index contributed by atoms with van der Waals surface area (Å²) in [6.45, 7) is 3.49. The molecule has 7 aliphatic heterocycles. The number of aliphatic imine (C=N–C) groups is 6. The second-order valence-electron chi connectivity index (χ2n) is 14.4. The van der Waals surface area contributed by atoms with Gasteiger partial charge in [-0.3, -0.25) is 9.80 Å². The summed E-state index contributed by atoms with van der Waals surface area (Å²) in [4.78, 5) is 37.1. The molecule has 53 heavy (non-hydrogen) atoms. The van der Waals surface area contributed by atoms with Gasteiger partial charge in [0.15, 0.2) is 23.2 Å². The molecule has 8 bridgehead atoms. The molecule has 11 heteroatoms. The number of benzene rings is 4. The first-order valence-electron chi connectivity index (χ1n) is 18.6. The number of fused-ring (bicyclic) bond motifs is 18. The van der Waals surface area contributed by atoms with Crippen molar-refractivity contribution in [2.24, 2.45) is 30.0 Å². The van der Waals surface area contributed by atoms with E-state index in [1.807, 2.05) is 24.3 Å². The minimum atomic E-state index is -1.04. The predicted molar refractivity (Wildman–Crippen MR) is 206 cm³/mol. The number of rotatable bonds is 2. The maximum absolute atomic E-state index is 5.60. The summed E-state index contributed by atoms with van der Waals surface area (Å²) in [7, 11) is 0. The second kappa shape index (κ2) is 12.5. The molecule has 0 aromatic heterocycles. The van der Waals surface area contributed by atoms with Crippen LogP contribution < -0.4 is 0 Å². The summed E-state index contributed by atoms with van der Waals surface area (Å²) in [6.07, 6.45) is 6.69. The Balaban J connectivity index is 0.00000349. The summed E-state index contributed by atoms with van der Waals surface area (Å²) < 4.78 is 0. The van der Waals surface area contributed by atoms with Crippen molar-refractivity contribution in [2.75, 3.05) is 26.2 Å². The van der Waals surface area contributed by atoms with E-state index in [0.717, 1.165) is 96.4 Å². The first-order chi connectivity index (χ1) is 25.7. The first kappa shape index (κ1) is 32.6. The number of hydrogen-bond donors (Lipinski definition) is 0. The fraction of sp³-hybridized carbons (Fsp3) is 0.286. The van der Waals surface area contributed by atoms with Gasteiger partial charge in [-0.25, -0.2) is 20.0 Å². The summed E-state index contributed by atoms with van der Waals surface area (Å²) >= 11 is 0. The molecule has 2 fully saturated rings. The Morgan fingerprint density at radius 3 is 1.13 bits per heavy atom. The van der Waals surface area contributed by atoms with Crippen LogP contribution in [-0.4, -0.2) is 71.0 Å². The van der Waals surface area contributed by atoms with Gasteiger partial charge < -0.3 is 20.6 Å². The van der Waals surface area contributed by atoms with E-state index in [0.29, 0.717) is 35.0 Å². The second-order valence-corrected chi connectivity index (χ2v) is 14.4. The zero-order chi connectivity index (χ0) is 34.3. The van der Waals surface area contributed by atoms with Crippen molar-refractivity contribution in [1.82, 2.24) is 9.80 Å². The molecule has 1 radical (unpaired) electrons. The van der Waals surface area contributed by atoms with Crippen molar-refractivity contribution in [3.8, 4) is 0 Å². The average molecular weight is 744 g/mol. The quantitative estimate of drug-likeness (QED) is 0.201. The van der Waals surface area contributed by atoms with E-state index in [2.05, 4.69) is 82.6 Å². The molecule has 0 spiro atoms. The fourth-order valence-corrected chi connectivity index (χ4v) is 8.88. The van der Waals surface area contributed by atoms with Gasteiger partial charge in [0.25, 0.3) is 0 Å². The number of amidine groups is 6. The topological polar surface area (TPSA) is 109 Å². The normalized spacial score (nSPS) is 25.4. The van der Waals surface area contributed by atoms with Crippen LogP contribution in [0.3, 0.4) is 0 Å². The number of likely N-dealkylation sites (tertiary alicyclic amines) is 2. The molecular weight excluding hydrogens is 708 g/mol. The van der Waals surface area contributed by atoms with E-state index in [9.17, 15) is 0 Å². The number of hydrogen-bond acceptors (Lipinski definition) is 8. The number of piperidine rings is 2. The maximum Gasteiger partial charge on any atom is 2.00 e. The van der Waals surface area contributed by atoms with E-state index < -0.39 is 11.6 Å². The van der Waals surface area contributed by atoms with Crippen LogP contribution in [0.4, 0.5) is 0 Å². The predicted octanol–water partition coefficient (Wildman–Crippen LogP) is 7.27. The van der Waals surface area contributed by atoms with Crippen molar-refractivity contribution in [1.29, 1.82) is 0 Å². The van der Waals surface area contributed by atoms with E-state index in [1.165, 1.54) is 12.8 Å². The van der Waals surface area contributed by atoms with Crippen molar-refractivity contribution in [3.05, 3.63) is 152 Å². The molecule has 4 aromatic rings. The molecule has 2 unspecified atom stereocenters. The van der Waals surface area contributed by atoms with E-state index in [4.69, 9.17) is 40.6 Å². The Kier molecular flexibility index (Phi) is 7.70. The van der Waals surface area contributed by atoms with Gasteiger partial charge in [-0.15, -0.1) is 0 Å².